The number of nitrogens with two attached hydrogens (primary N) is 1. The number of alkyl halides is 3. The number of piperidine rings is 2. The molecule has 8 nitrogen and oxygen atoms in total. The number of carbonyl (C=O) groups excluding carboxylic acids is 4. The van der Waals surface area contributed by atoms with Gasteiger partial charge in [-0.25, -0.2) is 0 Å². The van der Waals surface area contributed by atoms with Gasteiger partial charge in [0.1, 0.15) is 12.1 Å². The average Bonchev–Trinajstić information content (AvgIpc) is 2.93. The van der Waals surface area contributed by atoms with Crippen molar-refractivity contribution in [1.82, 2.24) is 15.1 Å². The van der Waals surface area contributed by atoms with Gasteiger partial charge in [-0.1, -0.05) is 6.07 Å². The minimum atomic E-state index is -4.43. The van der Waals surface area contributed by atoms with E-state index in [0.717, 1.165) is 4.90 Å². The monoisotopic (exact) mass is 438 g/mol. The van der Waals surface area contributed by atoms with E-state index in [4.69, 9.17) is 5.73 Å². The molecule has 31 heavy (non-hydrogen) atoms. The van der Waals surface area contributed by atoms with Crippen LogP contribution < -0.4 is 11.1 Å². The molecule has 0 aliphatic carbocycles. The van der Waals surface area contributed by atoms with Crippen LogP contribution in [0.5, 0.6) is 0 Å². The highest BCUT2D eigenvalue weighted by Gasteiger charge is 2.47. The summed E-state index contributed by atoms with van der Waals surface area (Å²) in [7, 11) is 0. The highest BCUT2D eigenvalue weighted by Crippen LogP contribution is 2.34. The Morgan fingerprint density at radius 3 is 2.45 bits per heavy atom. The molecule has 3 aliphatic heterocycles. The zero-order valence-corrected chi connectivity index (χ0v) is 16.4. The van der Waals surface area contributed by atoms with E-state index in [0.29, 0.717) is 12.0 Å². The highest BCUT2D eigenvalue weighted by molar-refractivity contribution is 6.23. The van der Waals surface area contributed by atoms with Crippen LogP contribution in [0, 0.1) is 0 Å². The van der Waals surface area contributed by atoms with Crippen LogP contribution in [0.25, 0.3) is 0 Å². The van der Waals surface area contributed by atoms with Gasteiger partial charge < -0.3 is 5.73 Å². The summed E-state index contributed by atoms with van der Waals surface area (Å²) in [5.41, 5.74) is 6.31. The second-order valence-corrected chi connectivity index (χ2v) is 8.14. The van der Waals surface area contributed by atoms with E-state index in [9.17, 15) is 32.3 Å². The van der Waals surface area contributed by atoms with Gasteiger partial charge in [0.15, 0.2) is 0 Å². The van der Waals surface area contributed by atoms with Crippen LogP contribution in [-0.4, -0.2) is 64.3 Å². The van der Waals surface area contributed by atoms with Crippen molar-refractivity contribution in [2.45, 2.75) is 56.5 Å². The standard InChI is InChI=1S/C20H21F3N4O4/c21-20(22,23)15-8-11(24)5-6-26(15)9-10-1-2-12-13(7-10)19(31)27(18(12)30)14-3-4-16(28)25-17(14)29/h1-2,7,11,14-15H,3-6,8-9,24H2,(H,25,28,29)/t11-,14?,15+/m1/s1. The summed E-state index contributed by atoms with van der Waals surface area (Å²) < 4.78 is 40.4. The lowest BCUT2D eigenvalue weighted by atomic mass is 9.96. The smallest absolute Gasteiger partial charge is 0.328 e. The van der Waals surface area contributed by atoms with E-state index in [-0.39, 0.29) is 43.5 Å². The number of hydrogen-bond donors (Lipinski definition) is 2. The number of halogens is 3. The maximum absolute atomic E-state index is 13.5. The molecule has 0 bridgehead atoms. The minimum Gasteiger partial charge on any atom is -0.328 e. The lowest BCUT2D eigenvalue weighted by Crippen LogP contribution is -2.54. The molecule has 0 saturated carbocycles. The molecule has 0 radical (unpaired) electrons. The first-order chi connectivity index (χ1) is 14.6. The zero-order chi connectivity index (χ0) is 22.5. The average molecular weight is 438 g/mol. The highest BCUT2D eigenvalue weighted by atomic mass is 19.4. The fourth-order valence-electron chi connectivity index (χ4n) is 4.42. The van der Waals surface area contributed by atoms with Crippen LogP contribution in [0.1, 0.15) is 52.0 Å². The molecular weight excluding hydrogens is 417 g/mol. The third-order valence-corrected chi connectivity index (χ3v) is 6.02. The van der Waals surface area contributed by atoms with Crippen LogP contribution in [0.2, 0.25) is 0 Å². The predicted octanol–water partition coefficient (Wildman–Crippen LogP) is 0.942. The predicted molar refractivity (Wildman–Crippen MR) is 101 cm³/mol. The van der Waals surface area contributed by atoms with Crippen molar-refractivity contribution >= 4 is 23.6 Å². The maximum Gasteiger partial charge on any atom is 0.404 e. The Labute approximate surface area is 175 Å². The van der Waals surface area contributed by atoms with Crippen LogP contribution >= 0.6 is 0 Å². The summed E-state index contributed by atoms with van der Waals surface area (Å²) >= 11 is 0. The SMILES string of the molecule is N[C@@H]1CCN(Cc2ccc3c(c2)C(=O)N(C2CCC(=O)NC2=O)C3=O)[C@H](C(F)(F)F)C1. The van der Waals surface area contributed by atoms with E-state index in [1.807, 2.05) is 0 Å². The van der Waals surface area contributed by atoms with Gasteiger partial charge in [0, 0.05) is 25.6 Å². The fraction of sp³-hybridized carbons (Fsp3) is 0.500. The third-order valence-electron chi connectivity index (χ3n) is 6.02. The van der Waals surface area contributed by atoms with Crippen molar-refractivity contribution in [1.29, 1.82) is 0 Å². The molecule has 166 valence electrons. The Kier molecular flexibility index (Phi) is 5.34. The summed E-state index contributed by atoms with van der Waals surface area (Å²) in [6.07, 6.45) is -4.16. The second kappa shape index (κ2) is 7.72. The molecule has 4 amide bonds. The molecule has 1 aromatic carbocycles. The number of amides is 4. The van der Waals surface area contributed by atoms with Crippen LogP contribution in [0.15, 0.2) is 18.2 Å². The molecule has 2 saturated heterocycles. The Morgan fingerprint density at radius 1 is 1.06 bits per heavy atom. The van der Waals surface area contributed by atoms with Gasteiger partial charge in [-0.2, -0.15) is 13.2 Å². The Morgan fingerprint density at radius 2 is 1.77 bits per heavy atom. The summed E-state index contributed by atoms with van der Waals surface area (Å²) in [6, 6.07) is 1.02. The van der Waals surface area contributed by atoms with E-state index < -0.39 is 47.9 Å². The first kappa shape index (κ1) is 21.4. The van der Waals surface area contributed by atoms with Crippen molar-refractivity contribution in [3.05, 3.63) is 34.9 Å². The van der Waals surface area contributed by atoms with Crippen LogP contribution in [-0.2, 0) is 16.1 Å². The van der Waals surface area contributed by atoms with Gasteiger partial charge in [-0.15, -0.1) is 0 Å². The molecule has 1 aromatic rings. The van der Waals surface area contributed by atoms with E-state index in [1.165, 1.54) is 23.1 Å². The van der Waals surface area contributed by atoms with E-state index >= 15 is 0 Å². The van der Waals surface area contributed by atoms with Crippen molar-refractivity contribution < 1.29 is 32.3 Å². The first-order valence-electron chi connectivity index (χ1n) is 9.97. The molecule has 0 spiro atoms. The number of nitrogens with one attached hydrogen (secondary N) is 1. The van der Waals surface area contributed by atoms with Gasteiger partial charge >= 0.3 is 6.18 Å². The first-order valence-corrected chi connectivity index (χ1v) is 9.97. The van der Waals surface area contributed by atoms with Crippen molar-refractivity contribution in [3.8, 4) is 0 Å². The number of carbonyl (C=O) groups is 4. The van der Waals surface area contributed by atoms with Gasteiger partial charge in [0.2, 0.25) is 11.8 Å². The lowest BCUT2D eigenvalue weighted by Gasteiger charge is -2.39. The molecule has 3 N–H and O–H groups in total. The van der Waals surface area contributed by atoms with Crippen molar-refractivity contribution in [2.24, 2.45) is 5.73 Å². The Hall–Kier alpha value is -2.79. The lowest BCUT2D eigenvalue weighted by molar-refractivity contribution is -0.194. The van der Waals surface area contributed by atoms with Gasteiger partial charge in [-0.3, -0.25) is 34.3 Å². The molecule has 0 aromatic heterocycles. The normalized spacial score (nSPS) is 27.5. The number of benzene rings is 1. The van der Waals surface area contributed by atoms with Crippen molar-refractivity contribution in [2.75, 3.05) is 6.54 Å². The fourth-order valence-corrected chi connectivity index (χ4v) is 4.42. The second-order valence-electron chi connectivity index (χ2n) is 8.14. The molecule has 3 atom stereocenters. The summed E-state index contributed by atoms with van der Waals surface area (Å²) in [5, 5.41) is 2.11. The van der Waals surface area contributed by atoms with Crippen LogP contribution in [0.3, 0.4) is 0 Å². The molecule has 1 unspecified atom stereocenters. The summed E-state index contributed by atoms with van der Waals surface area (Å²) in [4.78, 5) is 51.2. The molecule has 3 heterocycles. The molecule has 4 rings (SSSR count). The minimum absolute atomic E-state index is 0.00495. The number of hydrogen-bond acceptors (Lipinski definition) is 6. The quantitative estimate of drug-likeness (QED) is 0.680. The maximum atomic E-state index is 13.5. The molecule has 11 heteroatoms. The molecular formula is C20H21F3N4O4. The number of imide groups is 2. The van der Waals surface area contributed by atoms with E-state index in [2.05, 4.69) is 5.32 Å². The number of rotatable bonds is 3. The van der Waals surface area contributed by atoms with Gasteiger partial charge in [-0.05, 0) is 37.0 Å². The van der Waals surface area contributed by atoms with Gasteiger partial charge in [0.25, 0.3) is 11.8 Å². The Bertz CT molecular complexity index is 964. The third kappa shape index (κ3) is 3.94. The van der Waals surface area contributed by atoms with Crippen molar-refractivity contribution in [3.63, 3.8) is 0 Å². The molecule has 2 fully saturated rings. The largest absolute Gasteiger partial charge is 0.404 e. The molecule has 3 aliphatic rings. The summed E-state index contributed by atoms with van der Waals surface area (Å²) in [6.45, 7) is 0.113. The zero-order valence-electron chi connectivity index (χ0n) is 16.4. The summed E-state index contributed by atoms with van der Waals surface area (Å²) in [5.74, 6) is -2.54. The van der Waals surface area contributed by atoms with E-state index in [1.54, 1.807) is 0 Å². The number of likely N-dealkylation sites (tertiary alicyclic amines) is 1. The van der Waals surface area contributed by atoms with Crippen LogP contribution in [0.4, 0.5) is 13.2 Å². The number of fused-ring (bicyclic) bond motifs is 1. The topological polar surface area (TPSA) is 113 Å². The number of nitrogens with zero attached hydrogens (tertiary/aromatic N) is 2. The van der Waals surface area contributed by atoms with Gasteiger partial charge in [0.05, 0.1) is 11.1 Å². The Balaban J connectivity index is 1.56.